The molecular weight excluding hydrogens is 308 g/mol. The molecule has 2 unspecified atom stereocenters. The van der Waals surface area contributed by atoms with Crippen LogP contribution in [0.4, 0.5) is 5.82 Å². The van der Waals surface area contributed by atoms with Gasteiger partial charge in [0.2, 0.25) is 0 Å². The van der Waals surface area contributed by atoms with E-state index in [1.54, 1.807) is 12.3 Å². The lowest BCUT2D eigenvalue weighted by atomic mass is 9.78. The van der Waals surface area contributed by atoms with Gasteiger partial charge in [0.15, 0.2) is 0 Å². The molecule has 102 valence electrons. The summed E-state index contributed by atoms with van der Waals surface area (Å²) in [6.07, 6.45) is 6.85. The van der Waals surface area contributed by atoms with Crippen molar-refractivity contribution in [3.63, 3.8) is 0 Å². The van der Waals surface area contributed by atoms with Gasteiger partial charge in [0.25, 0.3) is 0 Å². The zero-order valence-electron chi connectivity index (χ0n) is 10.7. The highest BCUT2D eigenvalue weighted by atomic mass is 79.9. The van der Waals surface area contributed by atoms with Crippen molar-refractivity contribution in [3.05, 3.63) is 22.3 Å². The fraction of sp³-hybridized carbons (Fsp3) is 0.571. The van der Waals surface area contributed by atoms with E-state index < -0.39 is 5.97 Å². The van der Waals surface area contributed by atoms with E-state index in [1.165, 1.54) is 25.7 Å². The molecule has 0 spiro atoms. The Labute approximate surface area is 121 Å². The van der Waals surface area contributed by atoms with Crippen LogP contribution in [0, 0.1) is 11.8 Å². The molecule has 0 aromatic carbocycles. The SMILES string of the molecule is O=C(O)c1cc(Br)cnc1N1CC2CCCC(C2)C1. The highest BCUT2D eigenvalue weighted by Gasteiger charge is 2.32. The zero-order valence-corrected chi connectivity index (χ0v) is 12.3. The van der Waals surface area contributed by atoms with E-state index >= 15 is 0 Å². The fourth-order valence-electron chi connectivity index (χ4n) is 3.45. The van der Waals surface area contributed by atoms with Crippen molar-refractivity contribution in [2.75, 3.05) is 18.0 Å². The molecule has 0 radical (unpaired) electrons. The maximum Gasteiger partial charge on any atom is 0.339 e. The first-order chi connectivity index (χ1) is 9.13. The second-order valence-corrected chi connectivity index (χ2v) is 6.55. The van der Waals surface area contributed by atoms with Crippen LogP contribution in [0.15, 0.2) is 16.7 Å². The van der Waals surface area contributed by atoms with E-state index in [4.69, 9.17) is 0 Å². The summed E-state index contributed by atoms with van der Waals surface area (Å²) in [5.41, 5.74) is 0.300. The normalized spacial score (nSPS) is 26.3. The van der Waals surface area contributed by atoms with Crippen LogP contribution in [-0.4, -0.2) is 29.1 Å². The van der Waals surface area contributed by atoms with Gasteiger partial charge in [-0.05, 0) is 53.1 Å². The number of carbonyl (C=O) groups is 1. The van der Waals surface area contributed by atoms with Gasteiger partial charge in [-0.1, -0.05) is 6.42 Å². The summed E-state index contributed by atoms with van der Waals surface area (Å²) in [6, 6.07) is 1.65. The molecule has 0 amide bonds. The van der Waals surface area contributed by atoms with Crippen LogP contribution in [0.25, 0.3) is 0 Å². The first-order valence-electron chi connectivity index (χ1n) is 6.77. The van der Waals surface area contributed by atoms with Gasteiger partial charge in [-0.25, -0.2) is 9.78 Å². The molecule has 1 aromatic heterocycles. The number of pyridine rings is 1. The molecule has 2 atom stereocenters. The Morgan fingerprint density at radius 2 is 2.05 bits per heavy atom. The van der Waals surface area contributed by atoms with Crippen molar-refractivity contribution in [2.45, 2.75) is 25.7 Å². The second-order valence-electron chi connectivity index (χ2n) is 5.63. The predicted molar refractivity (Wildman–Crippen MR) is 76.6 cm³/mol. The molecule has 1 N–H and O–H groups in total. The van der Waals surface area contributed by atoms with E-state index in [-0.39, 0.29) is 0 Å². The molecule has 19 heavy (non-hydrogen) atoms. The van der Waals surface area contributed by atoms with Crippen molar-refractivity contribution in [3.8, 4) is 0 Å². The van der Waals surface area contributed by atoms with Crippen LogP contribution < -0.4 is 4.90 Å². The number of hydrogen-bond donors (Lipinski definition) is 1. The third kappa shape index (κ3) is 2.61. The number of aromatic nitrogens is 1. The number of rotatable bonds is 2. The quantitative estimate of drug-likeness (QED) is 0.907. The molecule has 5 heteroatoms. The smallest absolute Gasteiger partial charge is 0.339 e. The third-order valence-corrected chi connectivity index (χ3v) is 4.65. The van der Waals surface area contributed by atoms with Crippen molar-refractivity contribution >= 4 is 27.7 Å². The molecule has 3 rings (SSSR count). The first-order valence-corrected chi connectivity index (χ1v) is 7.56. The summed E-state index contributed by atoms with van der Waals surface area (Å²) in [4.78, 5) is 17.9. The standard InChI is InChI=1S/C14H17BrN2O2/c15-11-5-12(14(18)19)13(16-6-11)17-7-9-2-1-3-10(4-9)8-17/h5-6,9-10H,1-4,7-8H2,(H,18,19). The Bertz CT molecular complexity index is 494. The number of aromatic carboxylic acids is 1. The lowest BCUT2D eigenvalue weighted by Gasteiger charge is -2.42. The lowest BCUT2D eigenvalue weighted by molar-refractivity contribution is 0.0696. The Kier molecular flexibility index (Phi) is 3.48. The van der Waals surface area contributed by atoms with Crippen LogP contribution >= 0.6 is 15.9 Å². The average molecular weight is 325 g/mol. The van der Waals surface area contributed by atoms with Gasteiger partial charge >= 0.3 is 5.97 Å². The molecule has 1 aliphatic carbocycles. The maximum atomic E-state index is 11.4. The molecule has 2 heterocycles. The monoisotopic (exact) mass is 324 g/mol. The van der Waals surface area contributed by atoms with Gasteiger partial charge in [-0.3, -0.25) is 0 Å². The Morgan fingerprint density at radius 1 is 1.37 bits per heavy atom. The Balaban J connectivity index is 1.91. The van der Waals surface area contributed by atoms with Crippen molar-refractivity contribution in [2.24, 2.45) is 11.8 Å². The van der Waals surface area contributed by atoms with Crippen LogP contribution in [0.2, 0.25) is 0 Å². The minimum Gasteiger partial charge on any atom is -0.478 e. The number of carboxylic acid groups (broad SMARTS) is 1. The van der Waals surface area contributed by atoms with Crippen LogP contribution in [0.3, 0.4) is 0 Å². The third-order valence-electron chi connectivity index (χ3n) is 4.21. The number of fused-ring (bicyclic) bond motifs is 2. The second kappa shape index (κ2) is 5.12. The number of anilines is 1. The molecule has 4 nitrogen and oxygen atoms in total. The van der Waals surface area contributed by atoms with E-state index in [1.807, 2.05) is 0 Å². The molecule has 2 fully saturated rings. The van der Waals surface area contributed by atoms with E-state index in [0.717, 1.165) is 13.1 Å². The summed E-state index contributed by atoms with van der Waals surface area (Å²) in [7, 11) is 0. The summed E-state index contributed by atoms with van der Waals surface area (Å²) in [5, 5.41) is 9.34. The van der Waals surface area contributed by atoms with Gasteiger partial charge < -0.3 is 10.0 Å². The van der Waals surface area contributed by atoms with Crippen LogP contribution in [0.5, 0.6) is 0 Å². The molecule has 1 saturated carbocycles. The number of nitrogens with zero attached hydrogens (tertiary/aromatic N) is 2. The van der Waals surface area contributed by atoms with Gasteiger partial charge in [0, 0.05) is 23.8 Å². The Hall–Kier alpha value is -1.10. The van der Waals surface area contributed by atoms with Crippen LogP contribution in [-0.2, 0) is 0 Å². The minimum atomic E-state index is -0.903. The lowest BCUT2D eigenvalue weighted by Crippen LogP contribution is -2.43. The van der Waals surface area contributed by atoms with Gasteiger partial charge in [0.05, 0.1) is 0 Å². The van der Waals surface area contributed by atoms with Gasteiger partial charge in [0.1, 0.15) is 11.4 Å². The van der Waals surface area contributed by atoms with Crippen LogP contribution in [0.1, 0.15) is 36.0 Å². The van der Waals surface area contributed by atoms with Gasteiger partial charge in [-0.2, -0.15) is 0 Å². The number of carboxylic acids is 1. The first kappa shape index (κ1) is 12.9. The largest absolute Gasteiger partial charge is 0.478 e. The van der Waals surface area contributed by atoms with E-state index in [0.29, 0.717) is 27.7 Å². The zero-order chi connectivity index (χ0) is 13.4. The summed E-state index contributed by atoms with van der Waals surface area (Å²) in [6.45, 7) is 1.90. The highest BCUT2D eigenvalue weighted by Crippen LogP contribution is 2.36. The molecule has 2 aliphatic rings. The maximum absolute atomic E-state index is 11.4. The Morgan fingerprint density at radius 3 is 2.68 bits per heavy atom. The summed E-state index contributed by atoms with van der Waals surface area (Å²) < 4.78 is 0.714. The number of piperidine rings is 1. The molecular formula is C14H17BrN2O2. The number of hydrogen-bond acceptors (Lipinski definition) is 3. The topological polar surface area (TPSA) is 53.4 Å². The minimum absolute atomic E-state index is 0.300. The van der Waals surface area contributed by atoms with Crippen molar-refractivity contribution in [1.82, 2.24) is 4.98 Å². The fourth-order valence-corrected chi connectivity index (χ4v) is 3.78. The highest BCUT2D eigenvalue weighted by molar-refractivity contribution is 9.10. The van der Waals surface area contributed by atoms with E-state index in [9.17, 15) is 9.90 Å². The predicted octanol–water partition coefficient (Wildman–Crippen LogP) is 3.17. The number of halogens is 1. The average Bonchev–Trinajstić information content (AvgIpc) is 2.38. The summed E-state index contributed by atoms with van der Waals surface area (Å²) >= 11 is 3.29. The summed E-state index contributed by atoms with van der Waals surface area (Å²) in [5.74, 6) is 1.14. The van der Waals surface area contributed by atoms with E-state index in [2.05, 4.69) is 25.8 Å². The van der Waals surface area contributed by atoms with Gasteiger partial charge in [-0.15, -0.1) is 0 Å². The molecule has 1 aromatic rings. The molecule has 1 aliphatic heterocycles. The van der Waals surface area contributed by atoms with Crippen molar-refractivity contribution < 1.29 is 9.90 Å². The molecule has 2 bridgehead atoms. The van der Waals surface area contributed by atoms with Crippen molar-refractivity contribution in [1.29, 1.82) is 0 Å². The molecule has 1 saturated heterocycles.